The lowest BCUT2D eigenvalue weighted by molar-refractivity contribution is 0.204. The van der Waals surface area contributed by atoms with E-state index < -0.39 is 12.2 Å². The van der Waals surface area contributed by atoms with Crippen LogP contribution < -0.4 is 5.73 Å². The Morgan fingerprint density at radius 1 is 1.50 bits per heavy atom. The Kier molecular flexibility index (Phi) is 5.12. The highest BCUT2D eigenvalue weighted by atomic mass is 16.4. The van der Waals surface area contributed by atoms with E-state index in [2.05, 4.69) is 15.8 Å². The Hall–Kier alpha value is -2.38. The summed E-state index contributed by atoms with van der Waals surface area (Å²) in [5, 5.41) is 19.0. The van der Waals surface area contributed by atoms with Gasteiger partial charge in [0.25, 0.3) is 0 Å². The lowest BCUT2D eigenvalue weighted by Gasteiger charge is -1.84. The molecule has 1 rings (SSSR count). The van der Waals surface area contributed by atoms with E-state index in [0.29, 0.717) is 0 Å². The molecular formula is C6H8N4O4. The highest BCUT2D eigenvalue weighted by Crippen LogP contribution is 1.78. The molecule has 0 atom stereocenters. The first-order chi connectivity index (χ1) is 6.52. The maximum Gasteiger partial charge on any atom is 0.432 e. The minimum atomic E-state index is -1.33. The summed E-state index contributed by atoms with van der Waals surface area (Å²) in [6.45, 7) is 0. The van der Waals surface area contributed by atoms with E-state index in [1.54, 1.807) is 12.3 Å². The summed E-state index contributed by atoms with van der Waals surface area (Å²) in [5.41, 5.74) is 4.03. The third-order valence-electron chi connectivity index (χ3n) is 0.811. The molecule has 0 radical (unpaired) electrons. The van der Waals surface area contributed by atoms with E-state index >= 15 is 0 Å². The van der Waals surface area contributed by atoms with Gasteiger partial charge < -0.3 is 15.9 Å². The van der Waals surface area contributed by atoms with Gasteiger partial charge in [0.1, 0.15) is 6.34 Å². The van der Waals surface area contributed by atoms with Crippen LogP contribution in [0.15, 0.2) is 23.5 Å². The number of primary amides is 1. The van der Waals surface area contributed by atoms with Crippen LogP contribution in [0.25, 0.3) is 0 Å². The molecule has 2 amide bonds. The Labute approximate surface area is 78.3 Å². The van der Waals surface area contributed by atoms with Crippen LogP contribution in [0.3, 0.4) is 0 Å². The fourth-order valence-electron chi connectivity index (χ4n) is 0.457. The summed E-state index contributed by atoms with van der Waals surface area (Å²) in [5.74, 6) is 0. The lowest BCUT2D eigenvalue weighted by Crippen LogP contribution is -2.03. The molecule has 8 nitrogen and oxygen atoms in total. The third kappa shape index (κ3) is 7.72. The van der Waals surface area contributed by atoms with E-state index in [-0.39, 0.29) is 0 Å². The topological polar surface area (TPSA) is 131 Å². The average molecular weight is 200 g/mol. The number of rotatable bonds is 1. The van der Waals surface area contributed by atoms with Gasteiger partial charge in [-0.3, -0.25) is 0 Å². The summed E-state index contributed by atoms with van der Waals surface area (Å²) in [6.07, 6.45) is 1.68. The molecular weight excluding hydrogens is 192 g/mol. The molecule has 8 heteroatoms. The molecule has 0 aromatic carbocycles. The monoisotopic (exact) mass is 200 g/mol. The molecule has 0 aliphatic carbocycles. The molecule has 1 heterocycles. The largest absolute Gasteiger partial charge is 0.465 e. The summed E-state index contributed by atoms with van der Waals surface area (Å²) in [4.78, 5) is 21.7. The SMILES string of the molecule is NC(=O)O.O=C(O)N=Cn1cccn1. The number of aliphatic imine (C=N–C) groups is 1. The second kappa shape index (κ2) is 6.17. The number of amides is 2. The van der Waals surface area contributed by atoms with Crippen LogP contribution in [0.4, 0.5) is 9.59 Å². The Bertz CT molecular complexity index is 315. The minimum absolute atomic E-state index is 1.11. The number of aromatic nitrogens is 2. The molecule has 0 bridgehead atoms. The zero-order valence-corrected chi connectivity index (χ0v) is 6.94. The van der Waals surface area contributed by atoms with Gasteiger partial charge in [0, 0.05) is 12.4 Å². The van der Waals surface area contributed by atoms with Crippen LogP contribution in [0.5, 0.6) is 0 Å². The number of carboxylic acid groups (broad SMARTS) is 2. The van der Waals surface area contributed by atoms with Gasteiger partial charge in [0.15, 0.2) is 0 Å². The fourth-order valence-corrected chi connectivity index (χ4v) is 0.457. The first-order valence-corrected chi connectivity index (χ1v) is 3.27. The van der Waals surface area contributed by atoms with E-state index in [4.69, 9.17) is 15.0 Å². The van der Waals surface area contributed by atoms with Crippen molar-refractivity contribution in [1.29, 1.82) is 0 Å². The zero-order chi connectivity index (χ0) is 11.0. The van der Waals surface area contributed by atoms with Crippen molar-refractivity contribution in [3.63, 3.8) is 0 Å². The van der Waals surface area contributed by atoms with Gasteiger partial charge in [-0.25, -0.2) is 14.3 Å². The smallest absolute Gasteiger partial charge is 0.432 e. The molecule has 0 saturated heterocycles. The van der Waals surface area contributed by atoms with Crippen molar-refractivity contribution in [3.8, 4) is 0 Å². The first kappa shape index (κ1) is 11.6. The summed E-state index contributed by atoms with van der Waals surface area (Å²) in [7, 11) is 0. The van der Waals surface area contributed by atoms with Gasteiger partial charge in [-0.2, -0.15) is 10.1 Å². The van der Waals surface area contributed by atoms with Crippen LogP contribution in [-0.2, 0) is 0 Å². The molecule has 0 saturated carbocycles. The van der Waals surface area contributed by atoms with Crippen LogP contribution in [0, 0.1) is 0 Å². The van der Waals surface area contributed by atoms with Crippen LogP contribution in [0.1, 0.15) is 0 Å². The Morgan fingerprint density at radius 2 is 2.07 bits per heavy atom. The highest BCUT2D eigenvalue weighted by Gasteiger charge is 1.86. The third-order valence-corrected chi connectivity index (χ3v) is 0.811. The number of nitrogens with zero attached hydrogens (tertiary/aromatic N) is 3. The predicted octanol–water partition coefficient (Wildman–Crippen LogP) is 0.0606. The van der Waals surface area contributed by atoms with Crippen LogP contribution >= 0.6 is 0 Å². The predicted molar refractivity (Wildman–Crippen MR) is 46.4 cm³/mol. The fraction of sp³-hybridized carbons (Fsp3) is 0. The first-order valence-electron chi connectivity index (χ1n) is 3.27. The van der Waals surface area contributed by atoms with Crippen molar-refractivity contribution in [2.75, 3.05) is 0 Å². The number of hydrogen-bond donors (Lipinski definition) is 3. The molecule has 1 aromatic heterocycles. The zero-order valence-electron chi connectivity index (χ0n) is 6.94. The summed E-state index contributed by atoms with van der Waals surface area (Å²) in [6, 6.07) is 1.67. The number of carbonyl (C=O) groups is 2. The molecule has 1 aromatic rings. The van der Waals surface area contributed by atoms with Gasteiger partial charge >= 0.3 is 12.2 Å². The van der Waals surface area contributed by atoms with Crippen LogP contribution in [-0.4, -0.2) is 38.5 Å². The summed E-state index contributed by atoms with van der Waals surface area (Å²) < 4.78 is 1.30. The Morgan fingerprint density at radius 3 is 2.43 bits per heavy atom. The molecule has 0 unspecified atom stereocenters. The molecule has 0 aliphatic rings. The van der Waals surface area contributed by atoms with Crippen molar-refractivity contribution in [3.05, 3.63) is 18.5 Å². The average Bonchev–Trinajstić information content (AvgIpc) is 2.51. The van der Waals surface area contributed by atoms with Gasteiger partial charge in [0.05, 0.1) is 0 Å². The second-order valence-electron chi connectivity index (χ2n) is 1.85. The number of hydrogen-bond acceptors (Lipinski definition) is 3. The minimum Gasteiger partial charge on any atom is -0.465 e. The van der Waals surface area contributed by atoms with Crippen molar-refractivity contribution in [2.45, 2.75) is 0 Å². The molecule has 0 aliphatic heterocycles. The number of nitrogens with two attached hydrogens (primary N) is 1. The van der Waals surface area contributed by atoms with Gasteiger partial charge in [-0.1, -0.05) is 0 Å². The molecule has 14 heavy (non-hydrogen) atoms. The van der Waals surface area contributed by atoms with Crippen molar-refractivity contribution < 1.29 is 19.8 Å². The quantitative estimate of drug-likeness (QED) is 0.435. The maximum atomic E-state index is 9.86. The lowest BCUT2D eigenvalue weighted by atomic mass is 10.8. The van der Waals surface area contributed by atoms with E-state index in [9.17, 15) is 4.79 Å². The van der Waals surface area contributed by atoms with Crippen LogP contribution in [0.2, 0.25) is 0 Å². The van der Waals surface area contributed by atoms with E-state index in [0.717, 1.165) is 6.34 Å². The van der Waals surface area contributed by atoms with E-state index in [1.807, 2.05) is 0 Å². The maximum absolute atomic E-state index is 9.86. The normalized spacial score (nSPS) is 9.14. The molecule has 0 spiro atoms. The molecule has 76 valence electrons. The van der Waals surface area contributed by atoms with Crippen molar-refractivity contribution in [1.82, 2.24) is 9.78 Å². The van der Waals surface area contributed by atoms with E-state index in [1.165, 1.54) is 10.9 Å². The summed E-state index contributed by atoms with van der Waals surface area (Å²) >= 11 is 0. The van der Waals surface area contributed by atoms with Gasteiger partial charge in [-0.15, -0.1) is 0 Å². The van der Waals surface area contributed by atoms with Gasteiger partial charge in [0.2, 0.25) is 0 Å². The second-order valence-corrected chi connectivity index (χ2v) is 1.85. The molecule has 0 fully saturated rings. The highest BCUT2D eigenvalue weighted by molar-refractivity contribution is 5.77. The van der Waals surface area contributed by atoms with Gasteiger partial charge in [-0.05, 0) is 6.07 Å². The standard InChI is InChI=1S/C5H5N3O2.CH3NO2/c9-5(10)6-4-8-3-1-2-7-8;2-1(3)4/h1-4H,(H,9,10);2H2,(H,3,4). The Balaban J connectivity index is 0.000000364. The molecule has 4 N–H and O–H groups in total. The van der Waals surface area contributed by atoms with Crippen molar-refractivity contribution >= 4 is 18.5 Å². The van der Waals surface area contributed by atoms with Crippen molar-refractivity contribution in [2.24, 2.45) is 10.7 Å².